The van der Waals surface area contributed by atoms with Crippen LogP contribution in [0.3, 0.4) is 0 Å². The average molecular weight is 480 g/mol. The van der Waals surface area contributed by atoms with Crippen LogP contribution in [0.15, 0.2) is 66.9 Å². The number of carbonyl (C=O) groups is 2. The van der Waals surface area contributed by atoms with Gasteiger partial charge in [0.05, 0.1) is 17.2 Å². The molecule has 2 heterocycles. The molecule has 0 saturated carbocycles. The van der Waals surface area contributed by atoms with Gasteiger partial charge in [0.25, 0.3) is 5.91 Å². The van der Waals surface area contributed by atoms with Gasteiger partial charge in [-0.3, -0.25) is 9.59 Å². The number of hydrogen-bond donors (Lipinski definition) is 2. The van der Waals surface area contributed by atoms with E-state index in [0.29, 0.717) is 13.1 Å². The smallest absolute Gasteiger partial charge is 0.345 e. The minimum Gasteiger partial charge on any atom is -0.345 e. The van der Waals surface area contributed by atoms with Crippen molar-refractivity contribution >= 4 is 23.3 Å². The fourth-order valence-electron chi connectivity index (χ4n) is 5.12. The van der Waals surface area contributed by atoms with Crippen LogP contribution in [0.4, 0.5) is 24.7 Å². The largest absolute Gasteiger partial charge is 0.416 e. The third-order valence-electron chi connectivity index (χ3n) is 6.76. The van der Waals surface area contributed by atoms with E-state index in [1.165, 1.54) is 18.3 Å². The Balaban J connectivity index is 1.41. The maximum Gasteiger partial charge on any atom is 0.416 e. The molecule has 5 rings (SSSR count). The van der Waals surface area contributed by atoms with Crippen molar-refractivity contribution in [1.82, 2.24) is 15.2 Å². The van der Waals surface area contributed by atoms with E-state index in [2.05, 4.69) is 15.6 Å². The molecule has 0 spiro atoms. The minimum absolute atomic E-state index is 0.00166. The summed E-state index contributed by atoms with van der Waals surface area (Å²) in [5, 5.41) is 5.96. The van der Waals surface area contributed by atoms with Gasteiger partial charge in [-0.1, -0.05) is 30.3 Å². The Labute approximate surface area is 200 Å². The third-order valence-corrected chi connectivity index (χ3v) is 6.76. The molecule has 1 fully saturated rings. The van der Waals surface area contributed by atoms with E-state index >= 15 is 0 Å². The summed E-state index contributed by atoms with van der Waals surface area (Å²) in [6.45, 7) is 2.70. The van der Waals surface area contributed by atoms with Crippen LogP contribution in [0, 0.1) is 5.92 Å². The second-order valence-electron chi connectivity index (χ2n) is 8.88. The first kappa shape index (κ1) is 22.9. The first-order valence-electron chi connectivity index (χ1n) is 11.3. The molecule has 1 saturated heterocycles. The zero-order chi connectivity index (χ0) is 24.7. The molecule has 3 atom stereocenters. The van der Waals surface area contributed by atoms with Gasteiger partial charge in [0.1, 0.15) is 5.82 Å². The van der Waals surface area contributed by atoms with Crippen LogP contribution >= 0.6 is 0 Å². The van der Waals surface area contributed by atoms with Gasteiger partial charge >= 0.3 is 6.18 Å². The zero-order valence-electron chi connectivity index (χ0n) is 18.8. The predicted octanol–water partition coefficient (Wildman–Crippen LogP) is 4.89. The summed E-state index contributed by atoms with van der Waals surface area (Å²) in [7, 11) is 0. The number of pyridine rings is 1. The normalized spacial score (nSPS) is 20.8. The first-order valence-corrected chi connectivity index (χ1v) is 11.3. The van der Waals surface area contributed by atoms with Crippen molar-refractivity contribution < 1.29 is 22.8 Å². The molecule has 9 heteroatoms. The number of hydrogen-bond acceptors (Lipinski definition) is 4. The van der Waals surface area contributed by atoms with Crippen molar-refractivity contribution in [2.75, 3.05) is 18.4 Å². The SMILES string of the molecule is CC(=O)N1C[C@H]2[C@@H](C1)c1ccccc1[C@@H]2NC(=O)c1cccnc1Nc1cccc(C(F)(F)F)c1. The number of carbonyl (C=O) groups excluding carboxylic acids is 2. The van der Waals surface area contributed by atoms with Crippen LogP contribution < -0.4 is 10.6 Å². The Kier molecular flexibility index (Phi) is 5.70. The van der Waals surface area contributed by atoms with E-state index in [-0.39, 0.29) is 40.9 Å². The number of likely N-dealkylation sites (tertiary alicyclic amines) is 1. The van der Waals surface area contributed by atoms with Crippen molar-refractivity contribution in [3.63, 3.8) is 0 Å². The predicted molar refractivity (Wildman–Crippen MR) is 124 cm³/mol. The molecule has 35 heavy (non-hydrogen) atoms. The Morgan fingerprint density at radius 3 is 2.51 bits per heavy atom. The summed E-state index contributed by atoms with van der Waals surface area (Å²) in [6, 6.07) is 15.5. The molecule has 3 aromatic rings. The highest BCUT2D eigenvalue weighted by Crippen LogP contribution is 2.49. The number of halogens is 3. The highest BCUT2D eigenvalue weighted by Gasteiger charge is 2.47. The lowest BCUT2D eigenvalue weighted by molar-refractivity contribution is -0.137. The first-order chi connectivity index (χ1) is 16.7. The molecule has 1 aliphatic carbocycles. The molecule has 6 nitrogen and oxygen atoms in total. The number of aromatic nitrogens is 1. The fourth-order valence-corrected chi connectivity index (χ4v) is 5.12. The van der Waals surface area contributed by atoms with Gasteiger partial charge in [0.15, 0.2) is 0 Å². The monoisotopic (exact) mass is 480 g/mol. The van der Waals surface area contributed by atoms with Gasteiger partial charge in [-0.05, 0) is 41.5 Å². The molecule has 2 amide bonds. The third kappa shape index (κ3) is 4.34. The van der Waals surface area contributed by atoms with E-state index in [1.54, 1.807) is 24.0 Å². The molecule has 0 radical (unpaired) electrons. The maximum absolute atomic E-state index is 13.4. The van der Waals surface area contributed by atoms with Gasteiger partial charge in [-0.2, -0.15) is 13.2 Å². The Morgan fingerprint density at radius 1 is 1.00 bits per heavy atom. The Morgan fingerprint density at radius 2 is 1.77 bits per heavy atom. The van der Waals surface area contributed by atoms with Gasteiger partial charge in [-0.15, -0.1) is 0 Å². The van der Waals surface area contributed by atoms with Crippen LogP contribution in [0.2, 0.25) is 0 Å². The van der Waals surface area contributed by atoms with E-state index in [9.17, 15) is 22.8 Å². The van der Waals surface area contributed by atoms with Crippen molar-refractivity contribution in [2.45, 2.75) is 25.1 Å². The number of alkyl halides is 3. The van der Waals surface area contributed by atoms with E-state index < -0.39 is 17.6 Å². The topological polar surface area (TPSA) is 74.3 Å². The molecular formula is C26H23F3N4O2. The van der Waals surface area contributed by atoms with Crippen molar-refractivity contribution in [3.05, 3.63) is 89.1 Å². The van der Waals surface area contributed by atoms with Crippen molar-refractivity contribution in [1.29, 1.82) is 0 Å². The van der Waals surface area contributed by atoms with Crippen molar-refractivity contribution in [3.8, 4) is 0 Å². The number of fused-ring (bicyclic) bond motifs is 3. The van der Waals surface area contributed by atoms with Crippen LogP contribution in [0.1, 0.15) is 45.9 Å². The van der Waals surface area contributed by atoms with Crippen LogP contribution in [-0.4, -0.2) is 34.8 Å². The second kappa shape index (κ2) is 8.72. The minimum atomic E-state index is -4.48. The number of rotatable bonds is 4. The number of anilines is 2. The summed E-state index contributed by atoms with van der Waals surface area (Å²) >= 11 is 0. The van der Waals surface area contributed by atoms with Gasteiger partial charge in [0.2, 0.25) is 5.91 Å². The van der Waals surface area contributed by atoms with Crippen molar-refractivity contribution in [2.24, 2.45) is 5.92 Å². The summed E-state index contributed by atoms with van der Waals surface area (Å²) in [4.78, 5) is 31.4. The average Bonchev–Trinajstić information content (AvgIpc) is 3.38. The molecule has 1 aromatic heterocycles. The molecule has 0 unspecified atom stereocenters. The molecule has 0 bridgehead atoms. The van der Waals surface area contributed by atoms with E-state index in [4.69, 9.17) is 0 Å². The molecule has 180 valence electrons. The molecule has 1 aliphatic heterocycles. The summed E-state index contributed by atoms with van der Waals surface area (Å²) in [5.41, 5.74) is 1.74. The lowest BCUT2D eigenvalue weighted by Crippen LogP contribution is -2.34. The van der Waals surface area contributed by atoms with Gasteiger partial charge < -0.3 is 15.5 Å². The maximum atomic E-state index is 13.4. The van der Waals surface area contributed by atoms with E-state index in [1.807, 2.05) is 24.3 Å². The standard InChI is InChI=1S/C26H23F3N4O2/c1-15(34)33-13-21-18-8-2-3-9-19(18)23(22(21)14-33)32-25(35)20-10-5-11-30-24(20)31-17-7-4-6-16(12-17)26(27,28)29/h2-12,21-23H,13-14H2,1H3,(H,30,31)(H,32,35)/t21-,22-,23-/m0/s1. The molecule has 2 N–H and O–H groups in total. The van der Waals surface area contributed by atoms with E-state index in [0.717, 1.165) is 23.3 Å². The molecule has 2 aliphatic rings. The highest BCUT2D eigenvalue weighted by molar-refractivity contribution is 5.99. The molecule has 2 aromatic carbocycles. The molecular weight excluding hydrogens is 457 g/mol. The van der Waals surface area contributed by atoms with Crippen LogP contribution in [0.25, 0.3) is 0 Å². The Hall–Kier alpha value is -3.88. The zero-order valence-corrected chi connectivity index (χ0v) is 18.8. The Bertz CT molecular complexity index is 1290. The summed E-state index contributed by atoms with van der Waals surface area (Å²) in [5.74, 6) is -0.0613. The quantitative estimate of drug-likeness (QED) is 0.558. The second-order valence-corrected chi connectivity index (χ2v) is 8.88. The van der Waals surface area contributed by atoms with Gasteiger partial charge in [0, 0.05) is 43.7 Å². The van der Waals surface area contributed by atoms with Crippen LogP contribution in [-0.2, 0) is 11.0 Å². The highest BCUT2D eigenvalue weighted by atomic mass is 19.4. The number of nitrogens with one attached hydrogen (secondary N) is 2. The number of amides is 2. The summed E-state index contributed by atoms with van der Waals surface area (Å²) in [6.07, 6.45) is -3.02. The lowest BCUT2D eigenvalue weighted by Gasteiger charge is -2.23. The lowest BCUT2D eigenvalue weighted by atomic mass is 9.94. The number of benzene rings is 2. The number of nitrogens with zero attached hydrogens (tertiary/aromatic N) is 2. The van der Waals surface area contributed by atoms with Crippen LogP contribution in [0.5, 0.6) is 0 Å². The fraction of sp³-hybridized carbons (Fsp3) is 0.269. The van der Waals surface area contributed by atoms with Gasteiger partial charge in [-0.25, -0.2) is 4.98 Å². The summed E-state index contributed by atoms with van der Waals surface area (Å²) < 4.78 is 39.3.